The summed E-state index contributed by atoms with van der Waals surface area (Å²) in [5.41, 5.74) is 6.44. The first kappa shape index (κ1) is 27.5. The molecule has 1 atom stereocenters. The topological polar surface area (TPSA) is 70.8 Å². The summed E-state index contributed by atoms with van der Waals surface area (Å²) >= 11 is 0. The standard InChI is InChI=1S/C17H28N4O2.3ClH/c1-3-16(18)17(22)19-14-4-6-15(7-5-14)23-13-12-21-10-8-20(2)9-11-21;;;/h4-7,16H,3,8-13,18H2,1-2H3,(H,19,22);3*1H/t16-;;;/m0.../s1. The zero-order valence-electron chi connectivity index (χ0n) is 15.3. The molecular formula is C17H31Cl3N4O2. The molecule has 1 saturated heterocycles. The zero-order valence-corrected chi connectivity index (χ0v) is 17.8. The molecule has 0 aromatic heterocycles. The summed E-state index contributed by atoms with van der Waals surface area (Å²) in [7, 11) is 2.15. The minimum Gasteiger partial charge on any atom is -0.492 e. The minimum absolute atomic E-state index is 0. The normalized spacial score (nSPS) is 15.7. The van der Waals surface area contributed by atoms with E-state index < -0.39 is 6.04 Å². The third kappa shape index (κ3) is 9.26. The predicted molar refractivity (Wildman–Crippen MR) is 115 cm³/mol. The molecule has 0 saturated carbocycles. The van der Waals surface area contributed by atoms with Gasteiger partial charge in [0.05, 0.1) is 6.04 Å². The number of carbonyl (C=O) groups excluding carboxylic acids is 1. The van der Waals surface area contributed by atoms with Crippen LogP contribution in [0, 0.1) is 0 Å². The predicted octanol–water partition coefficient (Wildman–Crippen LogP) is 2.25. The molecule has 2 rings (SSSR count). The van der Waals surface area contributed by atoms with Crippen molar-refractivity contribution in [1.82, 2.24) is 9.80 Å². The second kappa shape index (κ2) is 14.3. The van der Waals surface area contributed by atoms with Gasteiger partial charge in [-0.05, 0) is 37.7 Å². The van der Waals surface area contributed by atoms with Crippen molar-refractivity contribution in [3.63, 3.8) is 0 Å². The van der Waals surface area contributed by atoms with Crippen LogP contribution in [0.5, 0.6) is 5.75 Å². The number of halogens is 3. The Bertz CT molecular complexity index is 497. The Labute approximate surface area is 175 Å². The zero-order chi connectivity index (χ0) is 16.7. The largest absolute Gasteiger partial charge is 0.492 e. The average Bonchev–Trinajstić information content (AvgIpc) is 2.57. The van der Waals surface area contributed by atoms with Gasteiger partial charge in [-0.25, -0.2) is 0 Å². The van der Waals surface area contributed by atoms with E-state index in [9.17, 15) is 4.79 Å². The molecule has 0 bridgehead atoms. The number of carbonyl (C=O) groups is 1. The number of anilines is 1. The van der Waals surface area contributed by atoms with Gasteiger partial charge in [-0.2, -0.15) is 0 Å². The summed E-state index contributed by atoms with van der Waals surface area (Å²) in [5.74, 6) is 0.660. The van der Waals surface area contributed by atoms with Gasteiger partial charge in [-0.3, -0.25) is 9.69 Å². The molecule has 0 aliphatic carbocycles. The highest BCUT2D eigenvalue weighted by Gasteiger charge is 2.13. The Kier molecular flexibility index (Phi) is 15.1. The van der Waals surface area contributed by atoms with Crippen molar-refractivity contribution >= 4 is 48.8 Å². The van der Waals surface area contributed by atoms with Crippen LogP contribution in [0.15, 0.2) is 24.3 Å². The highest BCUT2D eigenvalue weighted by Crippen LogP contribution is 2.16. The number of likely N-dealkylation sites (N-methyl/N-ethyl adjacent to an activating group) is 1. The molecule has 1 aliphatic rings. The fourth-order valence-electron chi connectivity index (χ4n) is 2.42. The molecule has 26 heavy (non-hydrogen) atoms. The Balaban J connectivity index is 0. The number of hydrogen-bond donors (Lipinski definition) is 2. The fourth-order valence-corrected chi connectivity index (χ4v) is 2.42. The summed E-state index contributed by atoms with van der Waals surface area (Å²) in [6.45, 7) is 7.95. The molecule has 1 amide bonds. The van der Waals surface area contributed by atoms with Crippen LogP contribution in [0.1, 0.15) is 13.3 Å². The number of hydrogen-bond acceptors (Lipinski definition) is 5. The Hall–Kier alpha value is -0.760. The van der Waals surface area contributed by atoms with Crippen LogP contribution in [0.2, 0.25) is 0 Å². The van der Waals surface area contributed by atoms with Crippen molar-refractivity contribution in [2.24, 2.45) is 5.73 Å². The van der Waals surface area contributed by atoms with Gasteiger partial charge in [-0.15, -0.1) is 37.2 Å². The number of nitrogens with one attached hydrogen (secondary N) is 1. The highest BCUT2D eigenvalue weighted by molar-refractivity contribution is 5.94. The highest BCUT2D eigenvalue weighted by atomic mass is 35.5. The average molecular weight is 430 g/mol. The van der Waals surface area contributed by atoms with E-state index in [1.807, 2.05) is 31.2 Å². The SMILES string of the molecule is CC[C@H](N)C(=O)Nc1ccc(OCCN2CCN(C)CC2)cc1.Cl.Cl.Cl. The monoisotopic (exact) mass is 428 g/mol. The van der Waals surface area contributed by atoms with Crippen molar-refractivity contribution in [1.29, 1.82) is 0 Å². The van der Waals surface area contributed by atoms with Crippen LogP contribution < -0.4 is 15.8 Å². The smallest absolute Gasteiger partial charge is 0.241 e. The molecule has 3 N–H and O–H groups in total. The lowest BCUT2D eigenvalue weighted by molar-refractivity contribution is -0.117. The molecule has 1 aromatic rings. The first-order chi connectivity index (χ1) is 11.1. The number of benzene rings is 1. The van der Waals surface area contributed by atoms with Crippen LogP contribution in [0.3, 0.4) is 0 Å². The number of nitrogens with two attached hydrogens (primary N) is 1. The van der Waals surface area contributed by atoms with Crippen LogP contribution in [0.4, 0.5) is 5.69 Å². The molecule has 0 unspecified atom stereocenters. The lowest BCUT2D eigenvalue weighted by atomic mass is 10.2. The maximum atomic E-state index is 11.7. The molecular weight excluding hydrogens is 399 g/mol. The van der Waals surface area contributed by atoms with Gasteiger partial charge < -0.3 is 20.7 Å². The van der Waals surface area contributed by atoms with Gasteiger partial charge in [0.1, 0.15) is 12.4 Å². The second-order valence-corrected chi connectivity index (χ2v) is 6.02. The van der Waals surface area contributed by atoms with Gasteiger partial charge in [-0.1, -0.05) is 6.92 Å². The van der Waals surface area contributed by atoms with Crippen molar-refractivity contribution < 1.29 is 9.53 Å². The third-order valence-electron chi connectivity index (χ3n) is 4.17. The number of nitrogens with zero attached hydrogens (tertiary/aromatic N) is 2. The summed E-state index contributed by atoms with van der Waals surface area (Å²) in [4.78, 5) is 16.5. The van der Waals surface area contributed by atoms with E-state index in [2.05, 4.69) is 22.2 Å². The van der Waals surface area contributed by atoms with Crippen LogP contribution in [-0.4, -0.2) is 68.1 Å². The molecule has 0 radical (unpaired) electrons. The first-order valence-electron chi connectivity index (χ1n) is 8.28. The Morgan fingerprint density at radius 3 is 2.27 bits per heavy atom. The molecule has 9 heteroatoms. The fraction of sp³-hybridized carbons (Fsp3) is 0.588. The summed E-state index contributed by atoms with van der Waals surface area (Å²) in [6, 6.07) is 6.96. The maximum Gasteiger partial charge on any atom is 0.241 e. The van der Waals surface area contributed by atoms with E-state index in [1.165, 1.54) is 0 Å². The quantitative estimate of drug-likeness (QED) is 0.695. The van der Waals surface area contributed by atoms with Crippen LogP contribution in [-0.2, 0) is 4.79 Å². The maximum absolute atomic E-state index is 11.7. The van der Waals surface area contributed by atoms with Crippen LogP contribution >= 0.6 is 37.2 Å². The van der Waals surface area contributed by atoms with Crippen molar-refractivity contribution in [2.45, 2.75) is 19.4 Å². The van der Waals surface area contributed by atoms with E-state index in [4.69, 9.17) is 10.5 Å². The molecule has 0 spiro atoms. The molecule has 6 nitrogen and oxygen atoms in total. The van der Waals surface area contributed by atoms with Crippen LogP contribution in [0.25, 0.3) is 0 Å². The summed E-state index contributed by atoms with van der Waals surface area (Å²) in [5, 5.41) is 2.80. The molecule has 1 heterocycles. The first-order valence-corrected chi connectivity index (χ1v) is 8.28. The van der Waals surface area contributed by atoms with Crippen molar-refractivity contribution in [3.8, 4) is 5.75 Å². The van der Waals surface area contributed by atoms with E-state index in [-0.39, 0.29) is 43.1 Å². The molecule has 1 aliphatic heterocycles. The molecule has 152 valence electrons. The second-order valence-electron chi connectivity index (χ2n) is 6.02. The Morgan fingerprint density at radius 2 is 1.73 bits per heavy atom. The van der Waals surface area contributed by atoms with E-state index in [1.54, 1.807) is 0 Å². The Morgan fingerprint density at radius 1 is 1.15 bits per heavy atom. The summed E-state index contributed by atoms with van der Waals surface area (Å²) < 4.78 is 5.77. The minimum atomic E-state index is -0.463. The lowest BCUT2D eigenvalue weighted by Gasteiger charge is -2.32. The molecule has 1 fully saturated rings. The van der Waals surface area contributed by atoms with Gasteiger partial charge in [0.15, 0.2) is 0 Å². The van der Waals surface area contributed by atoms with E-state index >= 15 is 0 Å². The van der Waals surface area contributed by atoms with E-state index in [0.717, 1.165) is 44.2 Å². The van der Waals surface area contributed by atoms with Crippen molar-refractivity contribution in [2.75, 3.05) is 51.7 Å². The van der Waals surface area contributed by atoms with Crippen molar-refractivity contribution in [3.05, 3.63) is 24.3 Å². The lowest BCUT2D eigenvalue weighted by Crippen LogP contribution is -2.45. The number of amides is 1. The summed E-state index contributed by atoms with van der Waals surface area (Å²) in [6.07, 6.45) is 0.624. The molecule has 1 aromatic carbocycles. The van der Waals surface area contributed by atoms with Gasteiger partial charge in [0, 0.05) is 38.4 Å². The van der Waals surface area contributed by atoms with Gasteiger partial charge >= 0.3 is 0 Å². The van der Waals surface area contributed by atoms with Gasteiger partial charge in [0.25, 0.3) is 0 Å². The number of ether oxygens (including phenoxy) is 1. The third-order valence-corrected chi connectivity index (χ3v) is 4.17. The van der Waals surface area contributed by atoms with Gasteiger partial charge in [0.2, 0.25) is 5.91 Å². The number of piperazine rings is 1. The van der Waals surface area contributed by atoms with E-state index in [0.29, 0.717) is 13.0 Å². The number of rotatable bonds is 7.